The van der Waals surface area contributed by atoms with E-state index in [-0.39, 0.29) is 5.91 Å². The first kappa shape index (κ1) is 9.47. The minimum Gasteiger partial charge on any atom is -0.353 e. The molecule has 0 fully saturated rings. The zero-order valence-corrected chi connectivity index (χ0v) is 8.46. The van der Waals surface area contributed by atoms with Gasteiger partial charge in [0.15, 0.2) is 4.34 Å². The summed E-state index contributed by atoms with van der Waals surface area (Å²) in [5.74, 6) is 0.776. The number of carbonyl (C=O) groups excluding carboxylic acids is 1. The highest BCUT2D eigenvalue weighted by atomic mass is 32.2. The summed E-state index contributed by atoms with van der Waals surface area (Å²) >= 11 is 2.91. The molecule has 1 rings (SSSR count). The second-order valence-electron chi connectivity index (χ2n) is 1.89. The summed E-state index contributed by atoms with van der Waals surface area (Å²) in [6.07, 6.45) is 0. The van der Waals surface area contributed by atoms with Gasteiger partial charge in [0, 0.05) is 7.05 Å². The SMILES string of the molecule is CCSc1nnc(C(=O)NC)s1. The van der Waals surface area contributed by atoms with E-state index in [1.165, 1.54) is 11.3 Å². The van der Waals surface area contributed by atoms with Gasteiger partial charge in [0.05, 0.1) is 0 Å². The molecule has 0 bridgehead atoms. The smallest absolute Gasteiger partial charge is 0.282 e. The molecule has 0 unspecified atom stereocenters. The van der Waals surface area contributed by atoms with Crippen molar-refractivity contribution in [2.24, 2.45) is 0 Å². The molecule has 0 radical (unpaired) electrons. The van der Waals surface area contributed by atoms with Crippen LogP contribution in [0.2, 0.25) is 0 Å². The van der Waals surface area contributed by atoms with Crippen LogP contribution in [-0.2, 0) is 0 Å². The molecule has 0 aliphatic rings. The Hall–Kier alpha value is -0.620. The zero-order valence-electron chi connectivity index (χ0n) is 6.83. The second kappa shape index (κ2) is 4.42. The molecule has 1 amide bonds. The summed E-state index contributed by atoms with van der Waals surface area (Å²) in [5, 5.41) is 10.5. The third-order valence-electron chi connectivity index (χ3n) is 1.10. The van der Waals surface area contributed by atoms with E-state index in [9.17, 15) is 4.79 Å². The maximum atomic E-state index is 11.0. The quantitative estimate of drug-likeness (QED) is 0.745. The van der Waals surface area contributed by atoms with Gasteiger partial charge in [-0.25, -0.2) is 0 Å². The molecule has 0 atom stereocenters. The fourth-order valence-corrected chi connectivity index (χ4v) is 2.29. The topological polar surface area (TPSA) is 54.9 Å². The number of rotatable bonds is 3. The summed E-state index contributed by atoms with van der Waals surface area (Å²) in [6.45, 7) is 2.03. The second-order valence-corrected chi connectivity index (χ2v) is 4.37. The molecule has 12 heavy (non-hydrogen) atoms. The molecule has 0 saturated heterocycles. The lowest BCUT2D eigenvalue weighted by Gasteiger charge is -1.89. The Bertz CT molecular complexity index is 274. The van der Waals surface area contributed by atoms with Crippen LogP contribution in [0.4, 0.5) is 0 Å². The van der Waals surface area contributed by atoms with Crippen molar-refractivity contribution in [2.45, 2.75) is 11.3 Å². The highest BCUT2D eigenvalue weighted by Crippen LogP contribution is 2.21. The van der Waals surface area contributed by atoms with Crippen LogP contribution in [0.25, 0.3) is 0 Å². The Balaban J connectivity index is 2.70. The highest BCUT2D eigenvalue weighted by Gasteiger charge is 2.09. The van der Waals surface area contributed by atoms with Gasteiger partial charge in [-0.2, -0.15) is 0 Å². The summed E-state index contributed by atoms with van der Waals surface area (Å²) in [7, 11) is 1.58. The van der Waals surface area contributed by atoms with Crippen molar-refractivity contribution in [2.75, 3.05) is 12.8 Å². The number of nitrogens with zero attached hydrogens (tertiary/aromatic N) is 2. The maximum absolute atomic E-state index is 11.0. The lowest BCUT2D eigenvalue weighted by Crippen LogP contribution is -2.17. The van der Waals surface area contributed by atoms with E-state index in [0.29, 0.717) is 5.01 Å². The van der Waals surface area contributed by atoms with Crippen molar-refractivity contribution >= 4 is 29.0 Å². The van der Waals surface area contributed by atoms with Crippen LogP contribution >= 0.6 is 23.1 Å². The van der Waals surface area contributed by atoms with Crippen molar-refractivity contribution in [3.8, 4) is 0 Å². The molecule has 0 aromatic carbocycles. The van der Waals surface area contributed by atoms with Gasteiger partial charge in [0.1, 0.15) is 0 Å². The number of hydrogen-bond acceptors (Lipinski definition) is 5. The van der Waals surface area contributed by atoms with Gasteiger partial charge in [-0.05, 0) is 5.75 Å². The molecule has 1 aromatic heterocycles. The van der Waals surface area contributed by atoms with E-state index in [1.807, 2.05) is 6.92 Å². The van der Waals surface area contributed by atoms with Gasteiger partial charge in [-0.3, -0.25) is 4.79 Å². The van der Waals surface area contributed by atoms with Gasteiger partial charge in [-0.1, -0.05) is 30.0 Å². The first-order valence-corrected chi connectivity index (χ1v) is 5.26. The van der Waals surface area contributed by atoms with Crippen molar-refractivity contribution in [3.05, 3.63) is 5.01 Å². The molecule has 4 nitrogen and oxygen atoms in total. The standard InChI is InChI=1S/C6H9N3OS2/c1-3-11-6-9-8-5(12-6)4(10)7-2/h3H2,1-2H3,(H,7,10). The third kappa shape index (κ3) is 2.18. The van der Waals surface area contributed by atoms with Crippen LogP contribution in [0.5, 0.6) is 0 Å². The normalized spacial score (nSPS) is 9.83. The minimum atomic E-state index is -0.171. The van der Waals surface area contributed by atoms with Gasteiger partial charge >= 0.3 is 0 Å². The average molecular weight is 203 g/mol. The molecule has 66 valence electrons. The van der Waals surface area contributed by atoms with E-state index < -0.39 is 0 Å². The Labute approximate surface area is 78.8 Å². The molecule has 0 aliphatic heterocycles. The lowest BCUT2D eigenvalue weighted by molar-refractivity contribution is 0.0962. The molecule has 1 aromatic rings. The Morgan fingerprint density at radius 1 is 1.67 bits per heavy atom. The number of hydrogen-bond donors (Lipinski definition) is 1. The lowest BCUT2D eigenvalue weighted by atomic mass is 10.6. The molecule has 0 saturated carbocycles. The number of nitrogens with one attached hydrogen (secondary N) is 1. The summed E-state index contributed by atoms with van der Waals surface area (Å²) in [6, 6.07) is 0. The zero-order chi connectivity index (χ0) is 8.97. The molecular weight excluding hydrogens is 194 g/mol. The van der Waals surface area contributed by atoms with E-state index in [1.54, 1.807) is 18.8 Å². The van der Waals surface area contributed by atoms with Crippen LogP contribution in [0, 0.1) is 0 Å². The fraction of sp³-hybridized carbons (Fsp3) is 0.500. The predicted octanol–water partition coefficient (Wildman–Crippen LogP) is 1.01. The molecule has 1 N–H and O–H groups in total. The van der Waals surface area contributed by atoms with E-state index in [2.05, 4.69) is 15.5 Å². The van der Waals surface area contributed by atoms with E-state index in [4.69, 9.17) is 0 Å². The highest BCUT2D eigenvalue weighted by molar-refractivity contribution is 8.01. The van der Waals surface area contributed by atoms with Gasteiger partial charge < -0.3 is 5.32 Å². The predicted molar refractivity (Wildman–Crippen MR) is 49.7 cm³/mol. The number of amides is 1. The summed E-state index contributed by atoms with van der Waals surface area (Å²) < 4.78 is 0.844. The minimum absolute atomic E-state index is 0.171. The number of aromatic nitrogens is 2. The monoisotopic (exact) mass is 203 g/mol. The van der Waals surface area contributed by atoms with Gasteiger partial charge in [0.2, 0.25) is 5.01 Å². The van der Waals surface area contributed by atoms with Crippen molar-refractivity contribution < 1.29 is 4.79 Å². The molecular formula is C6H9N3OS2. The summed E-state index contributed by atoms with van der Waals surface area (Å²) in [5.41, 5.74) is 0. The van der Waals surface area contributed by atoms with Crippen LogP contribution < -0.4 is 5.32 Å². The Morgan fingerprint density at radius 2 is 2.42 bits per heavy atom. The number of carbonyl (C=O) groups is 1. The third-order valence-corrected chi connectivity index (χ3v) is 3.03. The molecule has 1 heterocycles. The van der Waals surface area contributed by atoms with E-state index >= 15 is 0 Å². The van der Waals surface area contributed by atoms with Crippen LogP contribution in [-0.4, -0.2) is 28.9 Å². The van der Waals surface area contributed by atoms with Gasteiger partial charge in [0.25, 0.3) is 5.91 Å². The molecule has 0 aliphatic carbocycles. The van der Waals surface area contributed by atoms with Crippen LogP contribution in [0.1, 0.15) is 16.7 Å². The van der Waals surface area contributed by atoms with Crippen molar-refractivity contribution in [3.63, 3.8) is 0 Å². The Morgan fingerprint density at radius 3 is 3.00 bits per heavy atom. The summed E-state index contributed by atoms with van der Waals surface area (Å²) in [4.78, 5) is 11.0. The van der Waals surface area contributed by atoms with Gasteiger partial charge in [-0.15, -0.1) is 10.2 Å². The largest absolute Gasteiger partial charge is 0.353 e. The molecule has 0 spiro atoms. The average Bonchev–Trinajstić information content (AvgIpc) is 2.52. The van der Waals surface area contributed by atoms with Crippen molar-refractivity contribution in [1.82, 2.24) is 15.5 Å². The van der Waals surface area contributed by atoms with E-state index in [0.717, 1.165) is 10.1 Å². The Kier molecular flexibility index (Phi) is 3.48. The first-order chi connectivity index (χ1) is 5.77. The number of thioether (sulfide) groups is 1. The molecule has 6 heteroatoms. The van der Waals surface area contributed by atoms with Crippen LogP contribution in [0.15, 0.2) is 4.34 Å². The first-order valence-electron chi connectivity index (χ1n) is 3.46. The fourth-order valence-electron chi connectivity index (χ4n) is 0.590. The van der Waals surface area contributed by atoms with Crippen LogP contribution in [0.3, 0.4) is 0 Å². The van der Waals surface area contributed by atoms with Crippen molar-refractivity contribution in [1.29, 1.82) is 0 Å². The maximum Gasteiger partial charge on any atom is 0.282 e.